The normalized spacial score (nSPS) is 10.7. The average molecular weight is 267 g/mol. The molecular formula is C11H15ClN6. The van der Waals surface area contributed by atoms with Gasteiger partial charge in [-0.2, -0.15) is 20.1 Å². The maximum Gasteiger partial charge on any atom is 0.230 e. The summed E-state index contributed by atoms with van der Waals surface area (Å²) in [7, 11) is 1.84. The van der Waals surface area contributed by atoms with Gasteiger partial charge >= 0.3 is 0 Å². The highest BCUT2D eigenvalue weighted by Gasteiger charge is 2.12. The van der Waals surface area contributed by atoms with Crippen LogP contribution in [-0.2, 0) is 7.05 Å². The minimum Gasteiger partial charge on any atom is -0.341 e. The van der Waals surface area contributed by atoms with Crippen molar-refractivity contribution in [2.45, 2.75) is 13.8 Å². The van der Waals surface area contributed by atoms with Crippen LogP contribution in [0.5, 0.6) is 0 Å². The Bertz CT molecular complexity index is 534. The van der Waals surface area contributed by atoms with Crippen LogP contribution in [0, 0.1) is 0 Å². The summed E-state index contributed by atoms with van der Waals surface area (Å²) in [4.78, 5) is 14.7. The van der Waals surface area contributed by atoms with Gasteiger partial charge in [-0.25, -0.2) is 0 Å². The van der Waals surface area contributed by atoms with Crippen LogP contribution >= 0.6 is 11.6 Å². The number of aromatic nitrogens is 5. The molecule has 2 aromatic rings. The number of anilines is 1. The van der Waals surface area contributed by atoms with E-state index in [0.717, 1.165) is 13.1 Å². The predicted molar refractivity (Wildman–Crippen MR) is 70.6 cm³/mol. The van der Waals surface area contributed by atoms with Crippen LogP contribution in [0.2, 0.25) is 5.28 Å². The van der Waals surface area contributed by atoms with Crippen LogP contribution in [0.3, 0.4) is 0 Å². The van der Waals surface area contributed by atoms with Crippen molar-refractivity contribution in [1.29, 1.82) is 0 Å². The largest absolute Gasteiger partial charge is 0.341 e. The first-order valence-electron chi connectivity index (χ1n) is 5.80. The molecule has 0 aliphatic carbocycles. The van der Waals surface area contributed by atoms with Gasteiger partial charge in [-0.3, -0.25) is 4.68 Å². The number of hydrogen-bond acceptors (Lipinski definition) is 5. The Balaban J connectivity index is 2.43. The highest BCUT2D eigenvalue weighted by molar-refractivity contribution is 6.28. The fourth-order valence-corrected chi connectivity index (χ4v) is 1.79. The van der Waals surface area contributed by atoms with Gasteiger partial charge in [0.1, 0.15) is 5.69 Å². The average Bonchev–Trinajstić information content (AvgIpc) is 2.77. The Kier molecular flexibility index (Phi) is 3.76. The molecule has 0 saturated carbocycles. The number of rotatable bonds is 4. The molecule has 0 N–H and O–H groups in total. The first-order valence-corrected chi connectivity index (χ1v) is 6.18. The molecule has 6 nitrogen and oxygen atoms in total. The second-order valence-electron chi connectivity index (χ2n) is 3.77. The van der Waals surface area contributed by atoms with Crippen molar-refractivity contribution in [3.05, 3.63) is 17.5 Å². The third-order valence-corrected chi connectivity index (χ3v) is 2.75. The van der Waals surface area contributed by atoms with Crippen molar-refractivity contribution in [3.8, 4) is 11.5 Å². The first kappa shape index (κ1) is 12.8. The lowest BCUT2D eigenvalue weighted by atomic mass is 10.4. The van der Waals surface area contributed by atoms with Crippen molar-refractivity contribution in [2.75, 3.05) is 18.0 Å². The number of halogens is 1. The summed E-state index contributed by atoms with van der Waals surface area (Å²) in [6.07, 6.45) is 1.84. The molecule has 0 radical (unpaired) electrons. The van der Waals surface area contributed by atoms with Crippen LogP contribution in [0.15, 0.2) is 12.3 Å². The predicted octanol–water partition coefficient (Wildman–Crippen LogP) is 1.77. The fourth-order valence-electron chi connectivity index (χ4n) is 1.64. The maximum absolute atomic E-state index is 5.94. The summed E-state index contributed by atoms with van der Waals surface area (Å²) in [5, 5.41) is 4.45. The quantitative estimate of drug-likeness (QED) is 0.844. The monoisotopic (exact) mass is 266 g/mol. The van der Waals surface area contributed by atoms with Gasteiger partial charge in [0.25, 0.3) is 0 Å². The van der Waals surface area contributed by atoms with Gasteiger partial charge in [0.15, 0.2) is 5.82 Å². The Morgan fingerprint density at radius 1 is 1.22 bits per heavy atom. The SMILES string of the molecule is CCN(CC)c1nc(Cl)nc(-c2ccn(C)n2)n1. The van der Waals surface area contributed by atoms with E-state index in [1.807, 2.05) is 38.1 Å². The molecular weight excluding hydrogens is 252 g/mol. The van der Waals surface area contributed by atoms with E-state index in [2.05, 4.69) is 20.1 Å². The molecule has 0 aliphatic heterocycles. The molecule has 2 rings (SSSR count). The molecule has 2 aromatic heterocycles. The fraction of sp³-hybridized carbons (Fsp3) is 0.455. The minimum atomic E-state index is 0.188. The molecule has 96 valence electrons. The molecule has 0 amide bonds. The lowest BCUT2D eigenvalue weighted by Gasteiger charge is -2.18. The van der Waals surface area contributed by atoms with Gasteiger partial charge in [0.05, 0.1) is 0 Å². The zero-order chi connectivity index (χ0) is 13.1. The van der Waals surface area contributed by atoms with Gasteiger partial charge < -0.3 is 4.90 Å². The van der Waals surface area contributed by atoms with Crippen molar-refractivity contribution in [3.63, 3.8) is 0 Å². The molecule has 0 aliphatic rings. The molecule has 0 fully saturated rings. The molecule has 0 unspecified atom stereocenters. The lowest BCUT2D eigenvalue weighted by molar-refractivity contribution is 0.766. The first-order chi connectivity index (χ1) is 8.63. The van der Waals surface area contributed by atoms with E-state index in [1.165, 1.54) is 0 Å². The summed E-state index contributed by atoms with van der Waals surface area (Å²) in [6, 6.07) is 1.84. The van der Waals surface area contributed by atoms with E-state index >= 15 is 0 Å². The summed E-state index contributed by atoms with van der Waals surface area (Å²) < 4.78 is 1.70. The standard InChI is InChI=1S/C11H15ClN6/c1-4-18(5-2)11-14-9(13-10(12)15-11)8-6-7-17(3)16-8/h6-7H,4-5H2,1-3H3. The summed E-state index contributed by atoms with van der Waals surface area (Å²) in [6.45, 7) is 5.72. The molecule has 0 atom stereocenters. The Morgan fingerprint density at radius 2 is 1.94 bits per heavy atom. The van der Waals surface area contributed by atoms with Crippen LogP contribution in [0.25, 0.3) is 11.5 Å². The molecule has 7 heteroatoms. The van der Waals surface area contributed by atoms with Gasteiger partial charge in [-0.1, -0.05) is 0 Å². The van der Waals surface area contributed by atoms with Crippen molar-refractivity contribution in [1.82, 2.24) is 24.7 Å². The van der Waals surface area contributed by atoms with Crippen LogP contribution < -0.4 is 4.90 Å². The van der Waals surface area contributed by atoms with Gasteiger partial charge in [0.2, 0.25) is 11.2 Å². The molecule has 0 spiro atoms. The lowest BCUT2D eigenvalue weighted by Crippen LogP contribution is -2.24. The molecule has 0 saturated heterocycles. The van der Waals surface area contributed by atoms with Crippen LogP contribution in [0.4, 0.5) is 5.95 Å². The zero-order valence-electron chi connectivity index (χ0n) is 10.6. The van der Waals surface area contributed by atoms with E-state index < -0.39 is 0 Å². The number of hydrogen-bond donors (Lipinski definition) is 0. The van der Waals surface area contributed by atoms with Gasteiger partial charge in [-0.05, 0) is 31.5 Å². The second-order valence-corrected chi connectivity index (χ2v) is 4.11. The number of nitrogens with zero attached hydrogens (tertiary/aromatic N) is 6. The van der Waals surface area contributed by atoms with Gasteiger partial charge in [0, 0.05) is 26.3 Å². The highest BCUT2D eigenvalue weighted by Crippen LogP contribution is 2.17. The van der Waals surface area contributed by atoms with Crippen molar-refractivity contribution in [2.24, 2.45) is 7.05 Å². The smallest absolute Gasteiger partial charge is 0.230 e. The Labute approximate surface area is 111 Å². The highest BCUT2D eigenvalue weighted by atomic mass is 35.5. The molecule has 2 heterocycles. The topological polar surface area (TPSA) is 59.7 Å². The van der Waals surface area contributed by atoms with Gasteiger partial charge in [-0.15, -0.1) is 0 Å². The van der Waals surface area contributed by atoms with Crippen molar-refractivity contribution < 1.29 is 0 Å². The van der Waals surface area contributed by atoms with E-state index in [-0.39, 0.29) is 5.28 Å². The Morgan fingerprint density at radius 3 is 2.50 bits per heavy atom. The van der Waals surface area contributed by atoms with Crippen molar-refractivity contribution >= 4 is 17.5 Å². The summed E-state index contributed by atoms with van der Waals surface area (Å²) in [5.41, 5.74) is 0.690. The third kappa shape index (κ3) is 2.59. The summed E-state index contributed by atoms with van der Waals surface area (Å²) >= 11 is 5.94. The van der Waals surface area contributed by atoms with Crippen LogP contribution in [-0.4, -0.2) is 37.8 Å². The van der Waals surface area contributed by atoms with E-state index in [4.69, 9.17) is 11.6 Å². The van der Waals surface area contributed by atoms with E-state index in [1.54, 1.807) is 4.68 Å². The Hall–Kier alpha value is -1.69. The maximum atomic E-state index is 5.94. The molecule has 18 heavy (non-hydrogen) atoms. The zero-order valence-corrected chi connectivity index (χ0v) is 11.4. The molecule has 0 aromatic carbocycles. The van der Waals surface area contributed by atoms with Crippen LogP contribution in [0.1, 0.15) is 13.8 Å². The van der Waals surface area contributed by atoms with E-state index in [0.29, 0.717) is 17.5 Å². The third-order valence-electron chi connectivity index (χ3n) is 2.59. The minimum absolute atomic E-state index is 0.188. The summed E-state index contributed by atoms with van der Waals surface area (Å²) in [5.74, 6) is 1.08. The number of aryl methyl sites for hydroxylation is 1. The van der Waals surface area contributed by atoms with E-state index in [9.17, 15) is 0 Å². The second kappa shape index (κ2) is 5.30. The molecule has 0 bridgehead atoms.